The maximum atomic E-state index is 15.1. The molecule has 38 heavy (non-hydrogen) atoms. The molecule has 200 valence electrons. The van der Waals surface area contributed by atoms with Gasteiger partial charge in [0.15, 0.2) is 11.6 Å². The van der Waals surface area contributed by atoms with Crippen LogP contribution in [0.15, 0.2) is 35.2 Å². The highest BCUT2D eigenvalue weighted by Gasteiger charge is 2.39. The molecule has 14 heteroatoms. The first-order chi connectivity index (χ1) is 18.0. The van der Waals surface area contributed by atoms with E-state index in [1.165, 1.54) is 29.6 Å². The molecule has 1 saturated carbocycles. The van der Waals surface area contributed by atoms with Crippen LogP contribution in [0.1, 0.15) is 59.7 Å². The van der Waals surface area contributed by atoms with Crippen LogP contribution in [-0.2, 0) is 6.18 Å². The Bertz CT molecular complexity index is 1490. The van der Waals surface area contributed by atoms with Crippen LogP contribution in [0.3, 0.4) is 0 Å². The number of nitrogens with one attached hydrogen (secondary N) is 1. The Morgan fingerprint density at radius 1 is 1.11 bits per heavy atom. The van der Waals surface area contributed by atoms with Gasteiger partial charge in [0.05, 0.1) is 11.1 Å². The summed E-state index contributed by atoms with van der Waals surface area (Å²) in [6.45, 7) is 0. The van der Waals surface area contributed by atoms with Crippen LogP contribution < -0.4 is 5.32 Å². The minimum absolute atomic E-state index is 0.00584. The molecule has 1 aliphatic rings. The standard InChI is InChI=1S/C24H22F5N7O2/c1-35(2)22(37)13-5-8-17(15(25)9-13)32-20-18-16(26)10-36(21(18)31-11-30-20)14-6-3-12(4-7-14)19-33-23(38-34-19)24(27,28)29/h5,8-12,14H,3-4,6-7H2,1-2H3,(H,30,31,32). The van der Waals surface area contributed by atoms with E-state index in [0.29, 0.717) is 31.3 Å². The highest BCUT2D eigenvalue weighted by Crippen LogP contribution is 2.40. The lowest BCUT2D eigenvalue weighted by molar-refractivity contribution is -0.159. The van der Waals surface area contributed by atoms with Gasteiger partial charge in [0.25, 0.3) is 5.91 Å². The SMILES string of the molecule is CN(C)C(=O)c1ccc(Nc2ncnc3c2c(F)cn3C2CCC(c3noc(C(F)(F)F)n3)CC2)c(F)c1. The minimum Gasteiger partial charge on any atom is -0.345 e. The summed E-state index contributed by atoms with van der Waals surface area (Å²) >= 11 is 0. The number of hydrogen-bond donors (Lipinski definition) is 1. The van der Waals surface area contributed by atoms with E-state index in [9.17, 15) is 22.4 Å². The van der Waals surface area contributed by atoms with Crippen LogP contribution in [0.5, 0.6) is 0 Å². The van der Waals surface area contributed by atoms with Crippen LogP contribution >= 0.6 is 0 Å². The molecule has 0 unspecified atom stereocenters. The Hall–Kier alpha value is -4.10. The van der Waals surface area contributed by atoms with Gasteiger partial charge in [0.2, 0.25) is 0 Å². The van der Waals surface area contributed by atoms with Gasteiger partial charge in [0.1, 0.15) is 23.6 Å². The van der Waals surface area contributed by atoms with Gasteiger partial charge in [0, 0.05) is 37.8 Å². The number of alkyl halides is 3. The molecule has 5 rings (SSSR count). The van der Waals surface area contributed by atoms with Crippen LogP contribution in [0.25, 0.3) is 11.0 Å². The number of aromatic nitrogens is 5. The van der Waals surface area contributed by atoms with Crippen molar-refractivity contribution in [3.05, 3.63) is 59.6 Å². The minimum atomic E-state index is -4.70. The zero-order chi connectivity index (χ0) is 27.2. The summed E-state index contributed by atoms with van der Waals surface area (Å²) in [7, 11) is 3.11. The molecule has 9 nitrogen and oxygen atoms in total. The van der Waals surface area contributed by atoms with Gasteiger partial charge in [-0.2, -0.15) is 18.2 Å². The van der Waals surface area contributed by atoms with E-state index in [0.717, 1.165) is 6.07 Å². The molecular formula is C24H22F5N7O2. The number of carbonyl (C=O) groups is 1. The fourth-order valence-electron chi connectivity index (χ4n) is 4.68. The van der Waals surface area contributed by atoms with Gasteiger partial charge >= 0.3 is 12.1 Å². The van der Waals surface area contributed by atoms with Crippen molar-refractivity contribution in [3.8, 4) is 0 Å². The highest BCUT2D eigenvalue weighted by molar-refractivity contribution is 5.95. The van der Waals surface area contributed by atoms with Crippen molar-refractivity contribution in [2.24, 2.45) is 0 Å². The molecule has 1 amide bonds. The molecule has 4 aromatic rings. The molecule has 0 spiro atoms. The number of anilines is 2. The number of fused-ring (bicyclic) bond motifs is 1. The Morgan fingerprint density at radius 3 is 2.47 bits per heavy atom. The maximum absolute atomic E-state index is 15.1. The molecular weight excluding hydrogens is 513 g/mol. The first-order valence-corrected chi connectivity index (χ1v) is 11.7. The Morgan fingerprint density at radius 2 is 1.84 bits per heavy atom. The van der Waals surface area contributed by atoms with Gasteiger partial charge in [-0.15, -0.1) is 0 Å². The van der Waals surface area contributed by atoms with E-state index < -0.39 is 23.7 Å². The predicted molar refractivity (Wildman–Crippen MR) is 125 cm³/mol. The third-order valence-corrected chi connectivity index (χ3v) is 6.58. The van der Waals surface area contributed by atoms with Crippen molar-refractivity contribution in [1.29, 1.82) is 0 Å². The van der Waals surface area contributed by atoms with Gasteiger partial charge in [-0.05, 0) is 43.9 Å². The average Bonchev–Trinajstić information content (AvgIpc) is 3.51. The number of amides is 1. The Kier molecular flexibility index (Phi) is 6.49. The molecule has 0 radical (unpaired) electrons. The summed E-state index contributed by atoms with van der Waals surface area (Å²) in [6, 6.07) is 3.74. The summed E-state index contributed by atoms with van der Waals surface area (Å²) in [5.41, 5.74) is 0.461. The van der Waals surface area contributed by atoms with Crippen molar-refractivity contribution >= 4 is 28.4 Å². The topological polar surface area (TPSA) is 102 Å². The number of hydrogen-bond acceptors (Lipinski definition) is 7. The molecule has 1 fully saturated rings. The molecule has 3 aromatic heterocycles. The molecule has 0 aliphatic heterocycles. The largest absolute Gasteiger partial charge is 0.471 e. The third kappa shape index (κ3) is 4.77. The third-order valence-electron chi connectivity index (χ3n) is 6.58. The van der Waals surface area contributed by atoms with Crippen LogP contribution in [0, 0.1) is 11.6 Å². The number of benzene rings is 1. The van der Waals surface area contributed by atoms with Crippen LogP contribution in [-0.4, -0.2) is 49.6 Å². The van der Waals surface area contributed by atoms with E-state index in [1.807, 2.05) is 0 Å². The molecule has 1 aliphatic carbocycles. The van der Waals surface area contributed by atoms with Crippen molar-refractivity contribution in [1.82, 2.24) is 29.6 Å². The molecule has 0 bridgehead atoms. The van der Waals surface area contributed by atoms with Crippen molar-refractivity contribution < 1.29 is 31.3 Å². The van der Waals surface area contributed by atoms with Crippen molar-refractivity contribution in [3.63, 3.8) is 0 Å². The van der Waals surface area contributed by atoms with Crippen molar-refractivity contribution in [2.75, 3.05) is 19.4 Å². The number of halogens is 5. The van der Waals surface area contributed by atoms with Gasteiger partial charge in [-0.1, -0.05) is 5.16 Å². The molecule has 1 aromatic carbocycles. The number of rotatable bonds is 5. The van der Waals surface area contributed by atoms with Crippen LogP contribution in [0.2, 0.25) is 0 Å². The lowest BCUT2D eigenvalue weighted by Gasteiger charge is -2.28. The lowest BCUT2D eigenvalue weighted by Crippen LogP contribution is -2.21. The lowest BCUT2D eigenvalue weighted by atomic mass is 9.85. The van der Waals surface area contributed by atoms with E-state index in [-0.39, 0.29) is 46.1 Å². The normalized spacial score (nSPS) is 18.1. The van der Waals surface area contributed by atoms with E-state index in [2.05, 4.69) is 29.9 Å². The fourth-order valence-corrected chi connectivity index (χ4v) is 4.68. The first kappa shape index (κ1) is 25.5. The fraction of sp³-hybridized carbons (Fsp3) is 0.375. The summed E-state index contributed by atoms with van der Waals surface area (Å²) in [5, 5.41) is 6.34. The summed E-state index contributed by atoms with van der Waals surface area (Å²) in [4.78, 5) is 25.2. The molecule has 0 atom stereocenters. The maximum Gasteiger partial charge on any atom is 0.471 e. The van der Waals surface area contributed by atoms with Crippen molar-refractivity contribution in [2.45, 2.75) is 43.8 Å². The molecule has 0 saturated heterocycles. The first-order valence-electron chi connectivity index (χ1n) is 11.7. The average molecular weight is 535 g/mol. The Balaban J connectivity index is 1.35. The van der Waals surface area contributed by atoms with Crippen LogP contribution in [0.4, 0.5) is 33.5 Å². The van der Waals surface area contributed by atoms with Gasteiger partial charge in [-0.3, -0.25) is 4.79 Å². The summed E-state index contributed by atoms with van der Waals surface area (Å²) in [5.74, 6) is -3.31. The van der Waals surface area contributed by atoms with E-state index >= 15 is 4.39 Å². The predicted octanol–water partition coefficient (Wildman–Crippen LogP) is 5.46. The second-order valence-corrected chi connectivity index (χ2v) is 9.29. The molecule has 3 heterocycles. The summed E-state index contributed by atoms with van der Waals surface area (Å²) < 4.78 is 74.2. The number of nitrogens with zero attached hydrogens (tertiary/aromatic N) is 6. The summed E-state index contributed by atoms with van der Waals surface area (Å²) in [6.07, 6.45) is -0.194. The monoisotopic (exact) mass is 535 g/mol. The van der Waals surface area contributed by atoms with Gasteiger partial charge in [-0.25, -0.2) is 18.7 Å². The zero-order valence-electron chi connectivity index (χ0n) is 20.3. The molecule has 1 N–H and O–H groups in total. The van der Waals surface area contributed by atoms with E-state index in [1.54, 1.807) is 18.7 Å². The van der Waals surface area contributed by atoms with Gasteiger partial charge < -0.3 is 19.3 Å². The van der Waals surface area contributed by atoms with E-state index in [4.69, 9.17) is 0 Å². The quantitative estimate of drug-likeness (QED) is 0.339. The second-order valence-electron chi connectivity index (χ2n) is 9.29. The zero-order valence-corrected chi connectivity index (χ0v) is 20.3. The Labute approximate surface area is 212 Å². The highest BCUT2D eigenvalue weighted by atomic mass is 19.4. The second kappa shape index (κ2) is 9.65. The smallest absolute Gasteiger partial charge is 0.345 e. The number of carbonyl (C=O) groups excluding carboxylic acids is 1.